The van der Waals surface area contributed by atoms with E-state index in [-0.39, 0.29) is 6.04 Å². The normalized spacial score (nSPS) is 50.5. The van der Waals surface area contributed by atoms with Crippen LogP contribution in [0.15, 0.2) is 0 Å². The van der Waals surface area contributed by atoms with Crippen LogP contribution in [0.2, 0.25) is 0 Å². The van der Waals surface area contributed by atoms with Gasteiger partial charge in [0, 0.05) is 6.04 Å². The number of fused-ring (bicyclic) bond motifs is 1. The van der Waals surface area contributed by atoms with Crippen molar-refractivity contribution in [2.45, 2.75) is 25.4 Å². The molecule has 56 valence electrons. The Morgan fingerprint density at radius 1 is 1.70 bits per heavy atom. The second-order valence-electron chi connectivity index (χ2n) is 3.34. The van der Waals surface area contributed by atoms with Gasteiger partial charge in [0.05, 0.1) is 0 Å². The van der Waals surface area contributed by atoms with Crippen LogP contribution in [0.25, 0.3) is 0 Å². The second-order valence-corrected chi connectivity index (χ2v) is 3.34. The van der Waals surface area contributed by atoms with E-state index in [0.717, 1.165) is 12.3 Å². The van der Waals surface area contributed by atoms with Gasteiger partial charge < -0.3 is 10.4 Å². The van der Waals surface area contributed by atoms with Gasteiger partial charge in [-0.1, -0.05) is 6.92 Å². The van der Waals surface area contributed by atoms with Gasteiger partial charge in [0.2, 0.25) is 0 Å². The molecule has 0 aromatic heterocycles. The summed E-state index contributed by atoms with van der Waals surface area (Å²) in [7, 11) is 0. The fourth-order valence-corrected chi connectivity index (χ4v) is 1.93. The number of piperidine rings is 1. The smallest absolute Gasteiger partial charge is 0.320 e. The topological polar surface area (TPSA) is 49.3 Å². The average Bonchev–Trinajstić information content (AvgIpc) is 2.38. The monoisotopic (exact) mass is 141 g/mol. The van der Waals surface area contributed by atoms with E-state index in [1.807, 2.05) is 0 Å². The Morgan fingerprint density at radius 3 is 2.80 bits per heavy atom. The maximum absolute atomic E-state index is 10.4. The molecule has 2 rings (SSSR count). The Hall–Kier alpha value is -0.570. The van der Waals surface area contributed by atoms with E-state index in [4.69, 9.17) is 5.11 Å². The Bertz CT molecular complexity index is 168. The van der Waals surface area contributed by atoms with Crippen molar-refractivity contribution in [3.8, 4) is 0 Å². The molecule has 3 nitrogen and oxygen atoms in total. The van der Waals surface area contributed by atoms with E-state index in [9.17, 15) is 4.79 Å². The van der Waals surface area contributed by atoms with Crippen LogP contribution in [0.1, 0.15) is 13.3 Å². The molecule has 1 saturated carbocycles. The van der Waals surface area contributed by atoms with E-state index in [0.29, 0.717) is 12.0 Å². The van der Waals surface area contributed by atoms with Gasteiger partial charge in [0.1, 0.15) is 6.04 Å². The first-order valence-electron chi connectivity index (χ1n) is 3.69. The fourth-order valence-electron chi connectivity index (χ4n) is 1.93. The predicted molar refractivity (Wildman–Crippen MR) is 35.6 cm³/mol. The van der Waals surface area contributed by atoms with Gasteiger partial charge in [-0.15, -0.1) is 0 Å². The minimum absolute atomic E-state index is 0.258. The van der Waals surface area contributed by atoms with Gasteiger partial charge in [-0.25, -0.2) is 0 Å². The zero-order chi connectivity index (χ0) is 7.30. The SMILES string of the molecule is CC1C2CC(C(=O)O)NC12. The molecule has 1 saturated heterocycles. The first-order chi connectivity index (χ1) is 4.70. The molecule has 0 aromatic carbocycles. The van der Waals surface area contributed by atoms with Crippen LogP contribution in [-0.4, -0.2) is 23.2 Å². The minimum Gasteiger partial charge on any atom is -0.480 e. The lowest BCUT2D eigenvalue weighted by molar-refractivity contribution is -0.139. The van der Waals surface area contributed by atoms with Crippen molar-refractivity contribution in [1.82, 2.24) is 5.32 Å². The predicted octanol–water partition coefficient (Wildman–Crippen LogP) is 0.0674. The number of nitrogens with one attached hydrogen (secondary N) is 1. The van der Waals surface area contributed by atoms with Crippen LogP contribution < -0.4 is 5.32 Å². The molecule has 10 heavy (non-hydrogen) atoms. The highest BCUT2D eigenvalue weighted by atomic mass is 16.4. The van der Waals surface area contributed by atoms with Crippen LogP contribution in [0.3, 0.4) is 0 Å². The summed E-state index contributed by atoms with van der Waals surface area (Å²) >= 11 is 0. The summed E-state index contributed by atoms with van der Waals surface area (Å²) in [5.41, 5.74) is 0. The molecule has 1 aliphatic carbocycles. The number of aliphatic carboxylic acids is 1. The quantitative estimate of drug-likeness (QED) is 0.543. The lowest BCUT2D eigenvalue weighted by Crippen LogP contribution is -2.34. The van der Waals surface area contributed by atoms with Crippen molar-refractivity contribution < 1.29 is 9.90 Å². The number of carboxylic acids is 1. The standard InChI is InChI=1S/C7H11NO2/c1-3-4-2-5(7(9)10)8-6(3)4/h3-6,8H,2H2,1H3,(H,9,10). The zero-order valence-corrected chi connectivity index (χ0v) is 5.87. The van der Waals surface area contributed by atoms with E-state index in [2.05, 4.69) is 12.2 Å². The first kappa shape index (κ1) is 6.16. The molecular formula is C7H11NO2. The van der Waals surface area contributed by atoms with E-state index in [1.54, 1.807) is 0 Å². The van der Waals surface area contributed by atoms with Crippen LogP contribution in [0.5, 0.6) is 0 Å². The summed E-state index contributed by atoms with van der Waals surface area (Å²) in [4.78, 5) is 10.4. The van der Waals surface area contributed by atoms with Gasteiger partial charge >= 0.3 is 5.97 Å². The third kappa shape index (κ3) is 0.669. The summed E-state index contributed by atoms with van der Waals surface area (Å²) in [5, 5.41) is 11.7. The highest BCUT2D eigenvalue weighted by molar-refractivity contribution is 5.74. The molecule has 2 aliphatic rings. The van der Waals surface area contributed by atoms with Crippen LogP contribution in [0.4, 0.5) is 0 Å². The molecule has 2 fully saturated rings. The summed E-state index contributed by atoms with van der Waals surface area (Å²) in [5.74, 6) is 0.677. The summed E-state index contributed by atoms with van der Waals surface area (Å²) in [6.07, 6.45) is 0.834. The van der Waals surface area contributed by atoms with E-state index < -0.39 is 5.97 Å². The van der Waals surface area contributed by atoms with Crippen LogP contribution in [0, 0.1) is 11.8 Å². The Kier molecular flexibility index (Phi) is 1.06. The van der Waals surface area contributed by atoms with Gasteiger partial charge in [-0.2, -0.15) is 0 Å². The summed E-state index contributed by atoms with van der Waals surface area (Å²) in [6, 6.07) is 0.257. The maximum atomic E-state index is 10.4. The number of hydrogen-bond acceptors (Lipinski definition) is 2. The number of carbonyl (C=O) groups is 1. The molecule has 1 aliphatic heterocycles. The minimum atomic E-state index is -0.695. The van der Waals surface area contributed by atoms with Crippen molar-refractivity contribution in [2.24, 2.45) is 11.8 Å². The Morgan fingerprint density at radius 2 is 2.40 bits per heavy atom. The van der Waals surface area contributed by atoms with Crippen LogP contribution >= 0.6 is 0 Å². The molecular weight excluding hydrogens is 130 g/mol. The van der Waals surface area contributed by atoms with E-state index >= 15 is 0 Å². The van der Waals surface area contributed by atoms with E-state index in [1.165, 1.54) is 0 Å². The second kappa shape index (κ2) is 1.72. The first-order valence-corrected chi connectivity index (χ1v) is 3.69. The number of rotatable bonds is 1. The molecule has 0 amide bonds. The Balaban J connectivity index is 1.95. The number of carboxylic acid groups (broad SMARTS) is 1. The van der Waals surface area contributed by atoms with Crippen molar-refractivity contribution in [3.63, 3.8) is 0 Å². The molecule has 1 heterocycles. The average molecular weight is 141 g/mol. The highest BCUT2D eigenvalue weighted by Gasteiger charge is 2.54. The summed E-state index contributed by atoms with van der Waals surface area (Å²) in [6.45, 7) is 2.17. The van der Waals surface area contributed by atoms with Crippen molar-refractivity contribution in [3.05, 3.63) is 0 Å². The lowest BCUT2D eigenvalue weighted by atomic mass is 10.1. The highest BCUT2D eigenvalue weighted by Crippen LogP contribution is 2.46. The third-order valence-electron chi connectivity index (χ3n) is 2.76. The Labute approximate surface area is 59.4 Å². The molecule has 0 spiro atoms. The summed E-state index contributed by atoms with van der Waals surface area (Å²) < 4.78 is 0. The molecule has 0 aromatic rings. The molecule has 0 radical (unpaired) electrons. The lowest BCUT2D eigenvalue weighted by Gasteiger charge is -2.07. The third-order valence-corrected chi connectivity index (χ3v) is 2.76. The molecule has 2 N–H and O–H groups in total. The fraction of sp³-hybridized carbons (Fsp3) is 0.857. The molecule has 3 heteroatoms. The van der Waals surface area contributed by atoms with Crippen molar-refractivity contribution in [1.29, 1.82) is 0 Å². The maximum Gasteiger partial charge on any atom is 0.320 e. The molecule has 0 bridgehead atoms. The van der Waals surface area contributed by atoms with Crippen LogP contribution in [-0.2, 0) is 4.79 Å². The number of hydrogen-bond donors (Lipinski definition) is 2. The van der Waals surface area contributed by atoms with Gasteiger partial charge in [0.25, 0.3) is 0 Å². The van der Waals surface area contributed by atoms with Gasteiger partial charge in [-0.05, 0) is 18.3 Å². The van der Waals surface area contributed by atoms with Gasteiger partial charge in [0.15, 0.2) is 0 Å². The molecule has 4 atom stereocenters. The largest absolute Gasteiger partial charge is 0.480 e. The molecule has 4 unspecified atom stereocenters. The van der Waals surface area contributed by atoms with Gasteiger partial charge in [-0.3, -0.25) is 4.79 Å². The van der Waals surface area contributed by atoms with Crippen molar-refractivity contribution >= 4 is 5.97 Å². The zero-order valence-electron chi connectivity index (χ0n) is 5.87. The van der Waals surface area contributed by atoms with Crippen molar-refractivity contribution in [2.75, 3.05) is 0 Å².